The Morgan fingerprint density at radius 3 is 1.03 bits per heavy atom. The molecule has 0 saturated carbocycles. The zero-order valence-electron chi connectivity index (χ0n) is 46.0. The number of hydrogen-bond donors (Lipinski definition) is 23. The van der Waals surface area contributed by atoms with Gasteiger partial charge in [-0.3, -0.25) is 52.7 Å². The Morgan fingerprint density at radius 2 is 0.747 bits per heavy atom. The minimum Gasteiger partial charge on any atom is -0.394 e. The van der Waals surface area contributed by atoms with Gasteiger partial charge in [-0.2, -0.15) is 21.6 Å². The molecule has 95 heavy (non-hydrogen) atoms. The van der Waals surface area contributed by atoms with Crippen LogP contribution < -0.4 is 22.2 Å². The first-order chi connectivity index (χ1) is 43.6. The number of phosphoric ester groups is 1. The summed E-state index contributed by atoms with van der Waals surface area (Å²) in [7, 11) is -32.2. The summed E-state index contributed by atoms with van der Waals surface area (Å²) in [5.41, 5.74) is -2.59. The third kappa shape index (κ3) is 22.8. The number of aromatic nitrogens is 8. The third-order valence-electron chi connectivity index (χ3n) is 12.5. The highest BCUT2D eigenvalue weighted by Crippen LogP contribution is 2.80. The molecule has 5 saturated heterocycles. The molecular formula is C36H51Cl2N8O38P7S4. The molecule has 4 aromatic heterocycles. The molecule has 9 heterocycles. The van der Waals surface area contributed by atoms with Crippen molar-refractivity contribution in [2.45, 2.75) is 97.7 Å². The molecule has 0 aromatic carbocycles. The van der Waals surface area contributed by atoms with Crippen LogP contribution in [0.25, 0.3) is 0 Å². The molecule has 20 atom stereocenters. The van der Waals surface area contributed by atoms with Gasteiger partial charge in [-0.1, -0.05) is 0 Å². The largest absolute Gasteiger partial charge is 0.492 e. The van der Waals surface area contributed by atoms with Crippen molar-refractivity contribution in [1.29, 1.82) is 0 Å². The van der Waals surface area contributed by atoms with Gasteiger partial charge in [0.05, 0.1) is 48.7 Å². The summed E-state index contributed by atoms with van der Waals surface area (Å²) in [6.45, 7) is -2.72. The van der Waals surface area contributed by atoms with E-state index in [0.29, 0.717) is 0 Å². The van der Waals surface area contributed by atoms with Crippen molar-refractivity contribution in [3.63, 3.8) is 0 Å². The normalized spacial score (nSPS) is 34.3. The second-order valence-electron chi connectivity index (χ2n) is 19.1. The number of H-pyrrole nitrogens is 8. The molecule has 8 unspecified atom stereocenters. The van der Waals surface area contributed by atoms with Gasteiger partial charge in [0, 0.05) is 24.8 Å². The Hall–Kier alpha value is -2.49. The van der Waals surface area contributed by atoms with E-state index in [1.807, 2.05) is 0 Å². The Labute approximate surface area is 554 Å². The zero-order valence-corrected chi connectivity index (χ0v) is 57.0. The van der Waals surface area contributed by atoms with Gasteiger partial charge in [-0.15, -0.1) is 0 Å². The first-order valence-electron chi connectivity index (χ1n) is 25.1. The van der Waals surface area contributed by atoms with E-state index in [2.05, 4.69) is 75.0 Å². The van der Waals surface area contributed by atoms with Crippen LogP contribution in [0.2, 0.25) is 0 Å². The highest BCUT2D eigenvalue weighted by molar-refractivity contribution is 8.05. The molecule has 4 aromatic rings. The first kappa shape index (κ1) is 81.5. The lowest BCUT2D eigenvalue weighted by molar-refractivity contribution is -0.0235. The Balaban J connectivity index is 0.000000204. The summed E-state index contributed by atoms with van der Waals surface area (Å²) >= 11 is 29.4. The molecule has 5 aliphatic rings. The van der Waals surface area contributed by atoms with Crippen LogP contribution >= 0.6 is 124 Å². The molecule has 9 rings (SSSR count). The van der Waals surface area contributed by atoms with Gasteiger partial charge in [0.2, 0.25) is 0 Å². The number of nitrogens with one attached hydrogen (secondary N) is 8. The van der Waals surface area contributed by atoms with E-state index in [9.17, 15) is 96.9 Å². The highest BCUT2D eigenvalue weighted by Gasteiger charge is 2.56. The quantitative estimate of drug-likeness (QED) is 0.0407. The minimum atomic E-state index is -5.71. The fraction of sp³-hybridized carbons (Fsp3) is 0.556. The summed E-state index contributed by atoms with van der Waals surface area (Å²) in [5.74, 6) is 0. The van der Waals surface area contributed by atoms with Gasteiger partial charge < -0.3 is 119 Å². The lowest BCUT2D eigenvalue weighted by Gasteiger charge is -2.27. The van der Waals surface area contributed by atoms with Crippen LogP contribution in [-0.2, 0) is 86.0 Å². The lowest BCUT2D eigenvalue weighted by atomic mass is 10.0. The van der Waals surface area contributed by atoms with Crippen molar-refractivity contribution < 1.29 is 161 Å². The fourth-order valence-electron chi connectivity index (χ4n) is 8.38. The maximum atomic E-state index is 12.2. The van der Waals surface area contributed by atoms with Crippen molar-refractivity contribution >= 4 is 124 Å². The van der Waals surface area contributed by atoms with Crippen LogP contribution in [0.4, 0.5) is 0 Å². The topological polar surface area (TPSA) is 728 Å². The van der Waals surface area contributed by atoms with Gasteiger partial charge >= 0.3 is 53.0 Å². The summed E-state index contributed by atoms with van der Waals surface area (Å²) in [6.07, 6.45) is -20.6. The van der Waals surface area contributed by atoms with Gasteiger partial charge in [-0.05, 0) is 71.4 Å². The number of ether oxygens (including phenoxy) is 4. The van der Waals surface area contributed by atoms with E-state index in [1.165, 1.54) is 12.4 Å². The van der Waals surface area contributed by atoms with Crippen LogP contribution in [0.5, 0.6) is 0 Å². The summed E-state index contributed by atoms with van der Waals surface area (Å²) in [4.78, 5) is 120. The number of aliphatic hydroxyl groups excluding tert-OH is 9. The average molecular weight is 1620 g/mol. The molecule has 46 nitrogen and oxygen atoms in total. The lowest BCUT2D eigenvalue weighted by Crippen LogP contribution is -2.33. The minimum absolute atomic E-state index is 0.00967. The molecule has 0 spiro atoms. The highest BCUT2D eigenvalue weighted by atomic mass is 35.9. The van der Waals surface area contributed by atoms with Gasteiger partial charge in [0.15, 0.2) is 19.1 Å². The second kappa shape index (κ2) is 32.7. The summed E-state index contributed by atoms with van der Waals surface area (Å²) in [5, 5.41) is 88.2. The molecular weight excluding hydrogens is 1570 g/mol. The van der Waals surface area contributed by atoms with E-state index in [0.717, 1.165) is 12.4 Å². The van der Waals surface area contributed by atoms with Crippen LogP contribution in [0.15, 0.2) is 44.0 Å². The first-order valence-corrected chi connectivity index (χ1v) is 39.1. The Kier molecular flexibility index (Phi) is 28.0. The maximum absolute atomic E-state index is 12.2. The molecule has 5 fully saturated rings. The van der Waals surface area contributed by atoms with E-state index in [-0.39, 0.29) is 41.3 Å². The van der Waals surface area contributed by atoms with Crippen LogP contribution in [-0.4, -0.2) is 215 Å². The predicted octanol–water partition coefficient (Wildman–Crippen LogP) is -1.30. The SMILES string of the molecule is O=c1[nH]c(=S)[nH]cc1[C@@H]1O[C@H](CO)C(O)[C@@H]1O.O=c1[nH]c(=S)[nH]cc1[C@@H]1O[C@H](COP(=O)(Cl)Cl)C(O)[C@@H]1O.O=c1[nH]c(=S)[nH]cc1[C@@H]1O[C@H](COP(=O)(O)OP(=O)(O)OP(=O)(O)O)C(O)[C@@H]1O.O=c1[nH]c(=S)[nH]cc1[C@@H]1O[C@H](COP2(=O)OP(=O)(O)OP(=O)(O)O2)C(O)[C@@H]1O. The van der Waals surface area contributed by atoms with Gasteiger partial charge in [0.1, 0.15) is 97.7 Å². The molecule has 23 N–H and O–H groups in total. The standard InChI is InChI=1S/C9H11Cl2N2O6PS.C9H15N2O14P3S.C9H13N2O13P3S.C9H12N2O5S/c10-20(11,17)18-2-4-5(14)6(15)7(19-4)3-1-12-9(21)13-8(3)16;12-5-4(2-22-27(18,19)25-28(20,21)24-26(15,16)17)23-7(6(5)13)3-1-10-9(29)11-8(3)14;12-5-4(2-20-27(19)23-25(15,16)22-26(17,18)24-27)21-7(6(5)13)3-1-10-9(28)11-8(3)14;12-2-4-5(13)6(14)7(16-4)3-1-10-9(17)11-8(3)15/h1,4-7,14-15H,2H2,(H2,12,13,16,21);1,4-7,12-13H,2H2,(H,18,19)(H,20,21)(H2,15,16,17)(H2,10,11,14,29);1,4-7,12-13H,2H2,(H,15,16)(H,17,18)(H2,10,11,14,28);1,4-7,12-14H,2H2,(H2,10,11,15,17)/t4*4-,5?,6+,7+/m1111/s1. The number of rotatable bonds is 18. The predicted molar refractivity (Wildman–Crippen MR) is 316 cm³/mol. The smallest absolute Gasteiger partial charge is 0.394 e. The van der Waals surface area contributed by atoms with Crippen LogP contribution in [0.3, 0.4) is 0 Å². The molecule has 5 aliphatic heterocycles. The summed E-state index contributed by atoms with van der Waals surface area (Å²) < 4.78 is 133. The molecule has 0 bridgehead atoms. The van der Waals surface area contributed by atoms with Crippen molar-refractivity contribution in [2.75, 3.05) is 26.4 Å². The van der Waals surface area contributed by atoms with E-state index < -0.39 is 199 Å². The van der Waals surface area contributed by atoms with Crippen molar-refractivity contribution in [1.82, 2.24) is 39.9 Å². The molecule has 0 aliphatic carbocycles. The van der Waals surface area contributed by atoms with E-state index in [1.54, 1.807) is 0 Å². The molecule has 536 valence electrons. The van der Waals surface area contributed by atoms with Crippen LogP contribution in [0.1, 0.15) is 46.7 Å². The average Bonchev–Trinajstić information content (AvgIpc) is 1.41. The molecule has 0 amide bonds. The Morgan fingerprint density at radius 1 is 0.453 bits per heavy atom. The number of phosphoric acid groups is 6. The zero-order chi connectivity index (χ0) is 71.5. The van der Waals surface area contributed by atoms with Gasteiger partial charge in [0.25, 0.3) is 22.2 Å². The second-order valence-corrected chi connectivity index (χ2v) is 34.4. The maximum Gasteiger partial charge on any atom is 0.492 e. The number of halogens is 2. The summed E-state index contributed by atoms with van der Waals surface area (Å²) in [6, 6.07) is 0. The van der Waals surface area contributed by atoms with Gasteiger partial charge in [-0.25, -0.2) is 27.4 Å². The van der Waals surface area contributed by atoms with E-state index >= 15 is 0 Å². The Bertz CT molecular complexity index is 4240. The monoisotopic (exact) mass is 1620 g/mol. The van der Waals surface area contributed by atoms with Crippen LogP contribution in [0, 0.1) is 19.1 Å². The molecule has 0 radical (unpaired) electrons. The van der Waals surface area contributed by atoms with Crippen molar-refractivity contribution in [3.05, 3.63) is 108 Å². The number of aliphatic hydroxyl groups is 9. The van der Waals surface area contributed by atoms with Crippen molar-refractivity contribution in [2.24, 2.45) is 0 Å². The van der Waals surface area contributed by atoms with E-state index in [4.69, 9.17) is 120 Å². The number of aromatic amines is 8. The molecule has 59 heteroatoms. The third-order valence-corrected chi connectivity index (χ3v) is 23.5. The fourth-order valence-corrected chi connectivity index (χ4v) is 17.6. The van der Waals surface area contributed by atoms with Crippen molar-refractivity contribution in [3.8, 4) is 0 Å². The number of hydrogen-bond acceptors (Lipinski definition) is 36.